The summed E-state index contributed by atoms with van der Waals surface area (Å²) in [6.07, 6.45) is 7.39. The summed E-state index contributed by atoms with van der Waals surface area (Å²) in [5, 5.41) is 5.54. The molecule has 3 heterocycles. The predicted molar refractivity (Wildman–Crippen MR) is 140 cm³/mol. The Morgan fingerprint density at radius 1 is 1.11 bits per heavy atom. The summed E-state index contributed by atoms with van der Waals surface area (Å²) in [6, 6.07) is 8.26. The normalized spacial score (nSPS) is 19.1. The summed E-state index contributed by atoms with van der Waals surface area (Å²) in [5.41, 5.74) is 4.44. The Balaban J connectivity index is 1.16. The molecule has 1 aliphatic heterocycles. The van der Waals surface area contributed by atoms with E-state index in [0.717, 1.165) is 71.9 Å². The first kappa shape index (κ1) is 22.4. The zero-order chi connectivity index (χ0) is 24.6. The monoisotopic (exact) mass is 523 g/mol. The molecule has 1 saturated carbocycles. The van der Waals surface area contributed by atoms with Gasteiger partial charge in [-0.15, -0.1) is 0 Å². The van der Waals surface area contributed by atoms with Crippen molar-refractivity contribution >= 4 is 43.9 Å². The lowest BCUT2D eigenvalue weighted by Crippen LogP contribution is -2.42. The predicted octanol–water partition coefficient (Wildman–Crippen LogP) is 8.14. The van der Waals surface area contributed by atoms with Crippen LogP contribution in [0.3, 0.4) is 0 Å². The van der Waals surface area contributed by atoms with Gasteiger partial charge in [-0.1, -0.05) is 40.2 Å². The lowest BCUT2D eigenvalue weighted by atomic mass is 9.63. The summed E-state index contributed by atoms with van der Waals surface area (Å²) in [5.74, 6) is 0.590. The van der Waals surface area contributed by atoms with E-state index in [2.05, 4.69) is 21.1 Å². The minimum Gasteiger partial charge on any atom is -0.360 e. The molecule has 0 radical (unpaired) electrons. The lowest BCUT2D eigenvalue weighted by molar-refractivity contribution is 0.277. The molecular formula is C28H24ClF2N3OS. The van der Waals surface area contributed by atoms with Crippen LogP contribution in [0.25, 0.3) is 27.0 Å². The third-order valence-corrected chi connectivity index (χ3v) is 9.20. The number of fused-ring (bicyclic) bond motifs is 1. The minimum atomic E-state index is -0.384. The maximum absolute atomic E-state index is 14.8. The molecule has 0 bridgehead atoms. The molecule has 4 aromatic rings. The highest BCUT2D eigenvalue weighted by Gasteiger charge is 2.44. The van der Waals surface area contributed by atoms with Crippen LogP contribution in [0.5, 0.6) is 0 Å². The standard InChI is InChI=1S/C28H24ClF2N3OS/c1-15-11-20(31)24-21(12-15)36-27(32-24)34-9-7-28(8-10-34)13-17(14-28)22-25(33-35-26(22)16-5-6-16)23-18(29)3-2-4-19(23)30/h2-4,11-13,16H,5-10,14H2,1H3. The van der Waals surface area contributed by atoms with Gasteiger partial charge in [0.05, 0.1) is 15.3 Å². The number of aryl methyl sites for hydroxylation is 1. The molecule has 0 atom stereocenters. The van der Waals surface area contributed by atoms with Gasteiger partial charge in [-0.2, -0.15) is 0 Å². The summed E-state index contributed by atoms with van der Waals surface area (Å²) in [4.78, 5) is 6.88. The Bertz CT molecular complexity index is 1530. The summed E-state index contributed by atoms with van der Waals surface area (Å²) >= 11 is 7.96. The van der Waals surface area contributed by atoms with E-state index in [9.17, 15) is 8.78 Å². The number of aromatic nitrogens is 2. The van der Waals surface area contributed by atoms with E-state index < -0.39 is 0 Å². The molecule has 7 rings (SSSR count). The van der Waals surface area contributed by atoms with Crippen molar-refractivity contribution in [2.75, 3.05) is 18.0 Å². The number of thiazole rings is 1. The lowest BCUT2D eigenvalue weighted by Gasteiger charge is -2.46. The first-order valence-corrected chi connectivity index (χ1v) is 13.6. The highest BCUT2D eigenvalue weighted by Crippen LogP contribution is 2.56. The number of allylic oxidation sites excluding steroid dienone is 2. The average molecular weight is 524 g/mol. The van der Waals surface area contributed by atoms with Gasteiger partial charge in [0.25, 0.3) is 0 Å². The van der Waals surface area contributed by atoms with Crippen LogP contribution in [-0.2, 0) is 0 Å². The van der Waals surface area contributed by atoms with Crippen LogP contribution >= 0.6 is 22.9 Å². The van der Waals surface area contributed by atoms with Crippen LogP contribution in [-0.4, -0.2) is 23.2 Å². The molecule has 2 aliphatic carbocycles. The van der Waals surface area contributed by atoms with E-state index in [1.165, 1.54) is 11.6 Å². The number of benzene rings is 2. The van der Waals surface area contributed by atoms with Gasteiger partial charge >= 0.3 is 0 Å². The largest absolute Gasteiger partial charge is 0.360 e. The molecule has 36 heavy (non-hydrogen) atoms. The molecule has 8 heteroatoms. The minimum absolute atomic E-state index is 0.110. The molecule has 4 nitrogen and oxygen atoms in total. The molecule has 2 fully saturated rings. The van der Waals surface area contributed by atoms with Crippen LogP contribution in [0.15, 0.2) is 40.9 Å². The van der Waals surface area contributed by atoms with Gasteiger partial charge in [0.2, 0.25) is 0 Å². The van der Waals surface area contributed by atoms with Gasteiger partial charge < -0.3 is 9.42 Å². The first-order chi connectivity index (χ1) is 17.4. The number of halogens is 3. The van der Waals surface area contributed by atoms with E-state index in [-0.39, 0.29) is 17.0 Å². The van der Waals surface area contributed by atoms with Gasteiger partial charge in [0, 0.05) is 24.6 Å². The van der Waals surface area contributed by atoms with Crippen LogP contribution in [0, 0.1) is 24.0 Å². The van der Waals surface area contributed by atoms with Gasteiger partial charge in [-0.3, -0.25) is 0 Å². The van der Waals surface area contributed by atoms with Crippen molar-refractivity contribution < 1.29 is 13.3 Å². The third-order valence-electron chi connectivity index (χ3n) is 7.82. The number of rotatable bonds is 4. The van der Waals surface area contributed by atoms with Gasteiger partial charge in [0.15, 0.2) is 10.9 Å². The van der Waals surface area contributed by atoms with Crippen LogP contribution < -0.4 is 4.90 Å². The average Bonchev–Trinajstić information content (AvgIpc) is 3.44. The molecule has 2 aromatic heterocycles. The van der Waals surface area contributed by atoms with E-state index in [1.807, 2.05) is 13.0 Å². The summed E-state index contributed by atoms with van der Waals surface area (Å²) in [6.45, 7) is 3.65. The van der Waals surface area contributed by atoms with Crippen molar-refractivity contribution in [2.45, 2.75) is 44.9 Å². The number of hydrogen-bond acceptors (Lipinski definition) is 5. The summed E-state index contributed by atoms with van der Waals surface area (Å²) in [7, 11) is 0. The Morgan fingerprint density at radius 2 is 1.89 bits per heavy atom. The number of hydrogen-bond donors (Lipinski definition) is 0. The quantitative estimate of drug-likeness (QED) is 0.271. The van der Waals surface area contributed by atoms with Crippen molar-refractivity contribution in [1.82, 2.24) is 10.1 Å². The molecular weight excluding hydrogens is 500 g/mol. The van der Waals surface area contributed by atoms with Crippen molar-refractivity contribution in [1.29, 1.82) is 0 Å². The molecule has 0 N–H and O–H groups in total. The maximum Gasteiger partial charge on any atom is 0.186 e. The zero-order valence-electron chi connectivity index (χ0n) is 19.8. The van der Waals surface area contributed by atoms with Crippen molar-refractivity contribution in [3.63, 3.8) is 0 Å². The van der Waals surface area contributed by atoms with Gasteiger partial charge in [-0.05, 0) is 79.8 Å². The molecule has 1 saturated heterocycles. The van der Waals surface area contributed by atoms with E-state index >= 15 is 0 Å². The van der Waals surface area contributed by atoms with Crippen molar-refractivity contribution in [3.05, 3.63) is 70.0 Å². The number of anilines is 1. The second-order valence-corrected chi connectivity index (χ2v) is 11.8. The maximum atomic E-state index is 14.8. The third kappa shape index (κ3) is 3.58. The number of piperidine rings is 1. The molecule has 0 unspecified atom stereocenters. The molecule has 3 aliphatic rings. The number of nitrogens with zero attached hydrogens (tertiary/aromatic N) is 3. The van der Waals surface area contributed by atoms with Crippen molar-refractivity contribution in [3.8, 4) is 11.3 Å². The molecule has 184 valence electrons. The highest BCUT2D eigenvalue weighted by molar-refractivity contribution is 7.22. The fourth-order valence-corrected chi connectivity index (χ4v) is 7.10. The molecule has 2 aromatic carbocycles. The molecule has 1 spiro atoms. The Hall–Kier alpha value is -2.77. The van der Waals surface area contributed by atoms with Gasteiger partial charge in [0.1, 0.15) is 22.8 Å². The second-order valence-electron chi connectivity index (χ2n) is 10.4. The fraction of sp³-hybridized carbons (Fsp3) is 0.357. The Kier molecular flexibility index (Phi) is 5.06. The zero-order valence-corrected chi connectivity index (χ0v) is 21.4. The van der Waals surface area contributed by atoms with Crippen LogP contribution in [0.1, 0.15) is 54.9 Å². The van der Waals surface area contributed by atoms with Gasteiger partial charge in [-0.25, -0.2) is 13.8 Å². The van der Waals surface area contributed by atoms with Crippen molar-refractivity contribution in [2.24, 2.45) is 5.41 Å². The Labute approximate surface area is 216 Å². The van der Waals surface area contributed by atoms with E-state index in [1.54, 1.807) is 29.5 Å². The SMILES string of the molecule is Cc1cc(F)c2nc(N3CCC4(C=C(c5c(-c6c(F)cccc6Cl)noc5C5CC5)C4)CC3)sc2c1. The van der Waals surface area contributed by atoms with E-state index in [4.69, 9.17) is 16.1 Å². The Morgan fingerprint density at radius 3 is 2.61 bits per heavy atom. The highest BCUT2D eigenvalue weighted by atomic mass is 35.5. The smallest absolute Gasteiger partial charge is 0.186 e. The van der Waals surface area contributed by atoms with Crippen LogP contribution in [0.2, 0.25) is 5.02 Å². The summed E-state index contributed by atoms with van der Waals surface area (Å²) < 4.78 is 35.8. The fourth-order valence-electron chi connectivity index (χ4n) is 5.72. The van der Waals surface area contributed by atoms with Crippen LogP contribution in [0.4, 0.5) is 13.9 Å². The van der Waals surface area contributed by atoms with E-state index in [0.29, 0.717) is 27.7 Å². The topological polar surface area (TPSA) is 42.2 Å². The second kappa shape index (κ2) is 8.12. The molecule has 0 amide bonds. The first-order valence-electron chi connectivity index (χ1n) is 12.4.